The maximum absolute atomic E-state index is 8.95. The van der Waals surface area contributed by atoms with E-state index >= 15 is 0 Å². The molecule has 0 aliphatic heterocycles. The molecule has 4 heteroatoms. The van der Waals surface area contributed by atoms with Crippen molar-refractivity contribution in [2.75, 3.05) is 0 Å². The second kappa shape index (κ2) is 15.6. The molecule has 0 fully saturated rings. The molecule has 4 aromatic carbocycles. The van der Waals surface area contributed by atoms with Crippen LogP contribution in [0.2, 0.25) is 13.1 Å². The minimum absolute atomic E-state index is 0.0802. The van der Waals surface area contributed by atoms with Crippen LogP contribution in [0.5, 0.6) is 0 Å². The van der Waals surface area contributed by atoms with E-state index in [1.54, 1.807) is 0 Å². The first-order valence-corrected chi connectivity index (χ1v) is 36.6. The van der Waals surface area contributed by atoms with Gasteiger partial charge in [-0.2, -0.15) is 0 Å². The molecule has 4 aromatic rings. The maximum atomic E-state index is 8.95. The molecule has 0 saturated heterocycles. The Morgan fingerprint density at radius 2 is 0.846 bits per heavy atom. The third kappa shape index (κ3) is 6.48. The molecule has 2 aliphatic carbocycles. The van der Waals surface area contributed by atoms with Gasteiger partial charge >= 0.3 is 327 Å². The zero-order valence-corrected chi connectivity index (χ0v) is 38.5. The van der Waals surface area contributed by atoms with Gasteiger partial charge < -0.3 is 0 Å². The van der Waals surface area contributed by atoms with Crippen LogP contribution >= 0.6 is 17.0 Å². The summed E-state index contributed by atoms with van der Waals surface area (Å²) < 4.78 is 0.160. The number of hydrogen-bond acceptors (Lipinski definition) is 0. The van der Waals surface area contributed by atoms with Gasteiger partial charge in [0.05, 0.1) is 0 Å². The Morgan fingerprint density at radius 1 is 0.500 bits per heavy atom. The van der Waals surface area contributed by atoms with E-state index < -0.39 is 21.5 Å². The van der Waals surface area contributed by atoms with Crippen molar-refractivity contribution in [3.05, 3.63) is 129 Å². The molecule has 0 aromatic heterocycles. The SMILES string of the molecule is CCC(C)C1=Cc2c(-c3ccccc3C(C)CC)cccc2[CH]1[Zr]([Cl])([Cl])([CH]1C(C(C)CC)=Cc2c(-c3ccccc3C(C)CC)cccc21)[SiH](C)C. The van der Waals surface area contributed by atoms with Gasteiger partial charge in [0.25, 0.3) is 0 Å². The van der Waals surface area contributed by atoms with Gasteiger partial charge in [0, 0.05) is 0 Å². The molecule has 0 amide bonds. The van der Waals surface area contributed by atoms with E-state index in [-0.39, 0.29) is 7.25 Å². The van der Waals surface area contributed by atoms with Crippen molar-refractivity contribution < 1.29 is 15.6 Å². The fraction of sp³-hybridized carbons (Fsp3) is 0.417. The number of fused-ring (bicyclic) bond motifs is 2. The van der Waals surface area contributed by atoms with Gasteiger partial charge in [-0.3, -0.25) is 0 Å². The van der Waals surface area contributed by atoms with Crippen LogP contribution in [0.25, 0.3) is 34.4 Å². The average molecular weight is 828 g/mol. The van der Waals surface area contributed by atoms with Gasteiger partial charge in [-0.25, -0.2) is 0 Å². The van der Waals surface area contributed by atoms with Gasteiger partial charge in [-0.05, 0) is 0 Å². The first-order chi connectivity index (χ1) is 24.8. The zero-order valence-electron chi connectivity index (χ0n) is 33.4. The number of hydrogen-bond donors (Lipinski definition) is 0. The molecular weight excluding hydrogens is 767 g/mol. The topological polar surface area (TPSA) is 0 Å². The van der Waals surface area contributed by atoms with E-state index in [9.17, 15) is 0 Å². The van der Waals surface area contributed by atoms with E-state index in [4.69, 9.17) is 17.0 Å². The quantitative estimate of drug-likeness (QED) is 0.118. The summed E-state index contributed by atoms with van der Waals surface area (Å²) in [6.07, 6.45) is 9.49. The van der Waals surface area contributed by atoms with Crippen LogP contribution in [0.4, 0.5) is 0 Å². The number of benzene rings is 4. The van der Waals surface area contributed by atoms with Gasteiger partial charge in [0.1, 0.15) is 0 Å². The Labute approximate surface area is 324 Å². The molecule has 0 nitrogen and oxygen atoms in total. The molecule has 275 valence electrons. The summed E-state index contributed by atoms with van der Waals surface area (Å²) in [5.41, 5.74) is 16.7. The van der Waals surface area contributed by atoms with E-state index in [1.165, 1.54) is 66.8 Å². The second-order valence-electron chi connectivity index (χ2n) is 16.6. The molecule has 0 radical (unpaired) electrons. The first kappa shape index (κ1) is 39.7. The standard InChI is InChI=1S/2C23H27.C2H7Si.2ClH.Zr/c2*1-5-16(3)19-14-18-10-9-13-22(23(18)15-19)21-12-8-7-11-20(21)17(4)6-2;1-3-2;;;/h2*7-17H,5-6H2,1-4H3;3H,1-2H3;2*1H;/q;;;;;+2/p-2. The zero-order chi connectivity index (χ0) is 37.6. The predicted molar refractivity (Wildman–Crippen MR) is 232 cm³/mol. The van der Waals surface area contributed by atoms with Crippen LogP contribution in [0.1, 0.15) is 134 Å². The Hall–Kier alpha value is -1.96. The molecule has 0 bridgehead atoms. The molecule has 0 heterocycles. The molecular formula is C48H61Cl2SiZr. The third-order valence-electron chi connectivity index (χ3n) is 13.5. The molecule has 6 rings (SSSR count). The number of halogens is 2. The van der Waals surface area contributed by atoms with Gasteiger partial charge in [0.2, 0.25) is 0 Å². The first-order valence-electron chi connectivity index (χ1n) is 20.3. The molecule has 6 atom stereocenters. The summed E-state index contributed by atoms with van der Waals surface area (Å²) >= 11 is -4.99. The fourth-order valence-electron chi connectivity index (χ4n) is 9.49. The molecule has 0 spiro atoms. The molecule has 0 N–H and O–H groups in total. The Morgan fingerprint density at radius 3 is 1.19 bits per heavy atom. The van der Waals surface area contributed by atoms with Crippen molar-refractivity contribution in [2.24, 2.45) is 11.8 Å². The van der Waals surface area contributed by atoms with Crippen molar-refractivity contribution in [1.29, 1.82) is 0 Å². The van der Waals surface area contributed by atoms with E-state index in [0.717, 1.165) is 25.7 Å². The van der Waals surface area contributed by atoms with Crippen LogP contribution in [-0.2, 0) is 15.6 Å². The Kier molecular flexibility index (Phi) is 12.0. The average Bonchev–Trinajstić information content (AvgIpc) is 3.78. The number of allylic oxidation sites excluding steroid dienone is 2. The van der Waals surface area contributed by atoms with Crippen molar-refractivity contribution in [3.8, 4) is 22.3 Å². The summed E-state index contributed by atoms with van der Waals surface area (Å²) in [7, 11) is 17.9. The van der Waals surface area contributed by atoms with Crippen LogP contribution in [0, 0.1) is 11.8 Å². The fourth-order valence-corrected chi connectivity index (χ4v) is 40.7. The van der Waals surface area contributed by atoms with Crippen LogP contribution in [-0.4, -0.2) is 5.92 Å². The summed E-state index contributed by atoms with van der Waals surface area (Å²) in [4.78, 5) is 0. The van der Waals surface area contributed by atoms with E-state index in [2.05, 4.69) is 166 Å². The molecule has 52 heavy (non-hydrogen) atoms. The number of rotatable bonds is 13. The minimum atomic E-state index is -4.99. The van der Waals surface area contributed by atoms with Gasteiger partial charge in [-0.1, -0.05) is 0 Å². The van der Waals surface area contributed by atoms with E-state index in [1.807, 2.05) is 0 Å². The third-order valence-corrected chi connectivity index (χ3v) is 65.2. The van der Waals surface area contributed by atoms with Crippen molar-refractivity contribution in [3.63, 3.8) is 0 Å². The summed E-state index contributed by atoms with van der Waals surface area (Å²) in [5, 5.41) is 0. The summed E-state index contributed by atoms with van der Waals surface area (Å²) in [6, 6.07) is 32.2. The van der Waals surface area contributed by atoms with Crippen molar-refractivity contribution in [2.45, 2.75) is 113 Å². The van der Waals surface area contributed by atoms with Crippen molar-refractivity contribution >= 4 is 35.1 Å². The molecule has 0 saturated carbocycles. The van der Waals surface area contributed by atoms with E-state index in [0.29, 0.717) is 23.7 Å². The van der Waals surface area contributed by atoms with Crippen LogP contribution < -0.4 is 0 Å². The second-order valence-corrected chi connectivity index (χ2v) is 59.1. The molecule has 2 aliphatic rings. The Bertz CT molecular complexity index is 1870. The van der Waals surface area contributed by atoms with Crippen LogP contribution in [0.15, 0.2) is 96.1 Å². The summed E-state index contributed by atoms with van der Waals surface area (Å²) in [5.74, 6) is 0.0330. The van der Waals surface area contributed by atoms with Gasteiger partial charge in [-0.15, -0.1) is 0 Å². The Balaban J connectivity index is 1.64. The van der Waals surface area contributed by atoms with Gasteiger partial charge in [0.15, 0.2) is 0 Å². The van der Waals surface area contributed by atoms with Crippen molar-refractivity contribution in [1.82, 2.24) is 0 Å². The van der Waals surface area contributed by atoms with Crippen LogP contribution in [0.3, 0.4) is 0 Å². The summed E-state index contributed by atoms with van der Waals surface area (Å²) in [6.45, 7) is 23.8. The predicted octanol–water partition coefficient (Wildman–Crippen LogP) is 15.7. The monoisotopic (exact) mass is 825 g/mol. The molecule has 6 unspecified atom stereocenters. The normalized spacial score (nSPS) is 20.0.